The number of rotatable bonds is 5. The molecule has 0 bridgehead atoms. The highest BCUT2D eigenvalue weighted by atomic mass is 32.1. The van der Waals surface area contributed by atoms with Gasteiger partial charge in [0.15, 0.2) is 0 Å². The van der Waals surface area contributed by atoms with Gasteiger partial charge in [0.25, 0.3) is 0 Å². The molecule has 7 nitrogen and oxygen atoms in total. The number of aromatic nitrogens is 2. The Morgan fingerprint density at radius 3 is 2.76 bits per heavy atom. The van der Waals surface area contributed by atoms with Crippen LogP contribution in [0, 0.1) is 17.2 Å². The van der Waals surface area contributed by atoms with Gasteiger partial charge in [-0.05, 0) is 61.9 Å². The van der Waals surface area contributed by atoms with Crippen molar-refractivity contribution < 1.29 is 9.53 Å². The standard InChI is InChI=1S/C26H27N5O2S/c1-15(2)33-23-10-7-17(11-18(23)12-27)24-29-30-25(34-24)21-6-4-5-20-19(21)8-9-22(20)28-26(32)31-13-16(3)14-31/h4-7,10-11,15-16,22H,8-9,13-14H2,1-3H3,(H,28,32)/t22-/m0/s1. The molecule has 1 fully saturated rings. The topological polar surface area (TPSA) is 91.1 Å². The lowest BCUT2D eigenvalue weighted by molar-refractivity contribution is 0.127. The Morgan fingerprint density at radius 2 is 2.03 bits per heavy atom. The van der Waals surface area contributed by atoms with Gasteiger partial charge in [-0.15, -0.1) is 10.2 Å². The van der Waals surface area contributed by atoms with Crippen LogP contribution in [0.2, 0.25) is 0 Å². The van der Waals surface area contributed by atoms with E-state index in [1.807, 2.05) is 36.9 Å². The van der Waals surface area contributed by atoms with Gasteiger partial charge in [0.1, 0.15) is 21.8 Å². The van der Waals surface area contributed by atoms with E-state index in [-0.39, 0.29) is 18.2 Å². The van der Waals surface area contributed by atoms with Crippen LogP contribution in [0.15, 0.2) is 36.4 Å². The molecule has 2 aliphatic rings. The summed E-state index contributed by atoms with van der Waals surface area (Å²) in [5, 5.41) is 23.2. The monoisotopic (exact) mass is 473 g/mol. The number of nitrogens with zero attached hydrogens (tertiary/aromatic N) is 4. The molecule has 1 N–H and O–H groups in total. The predicted molar refractivity (Wildman–Crippen MR) is 132 cm³/mol. The van der Waals surface area contributed by atoms with E-state index in [1.54, 1.807) is 6.07 Å². The number of hydrogen-bond donors (Lipinski definition) is 1. The van der Waals surface area contributed by atoms with Crippen LogP contribution in [-0.2, 0) is 6.42 Å². The van der Waals surface area contributed by atoms with Crippen LogP contribution in [0.1, 0.15) is 49.9 Å². The van der Waals surface area contributed by atoms with Gasteiger partial charge in [-0.3, -0.25) is 0 Å². The third-order valence-corrected chi connectivity index (χ3v) is 7.29. The van der Waals surface area contributed by atoms with E-state index in [0.717, 1.165) is 52.6 Å². The highest BCUT2D eigenvalue weighted by molar-refractivity contribution is 7.17. The second kappa shape index (κ2) is 9.07. The zero-order valence-electron chi connectivity index (χ0n) is 19.5. The van der Waals surface area contributed by atoms with Crippen molar-refractivity contribution in [1.82, 2.24) is 20.4 Å². The number of fused-ring (bicyclic) bond motifs is 1. The van der Waals surface area contributed by atoms with Crippen molar-refractivity contribution in [3.63, 3.8) is 0 Å². The molecule has 1 saturated heterocycles. The van der Waals surface area contributed by atoms with E-state index < -0.39 is 0 Å². The number of likely N-dealkylation sites (tertiary alicyclic amines) is 1. The van der Waals surface area contributed by atoms with E-state index in [9.17, 15) is 10.1 Å². The molecular formula is C26H27N5O2S. The lowest BCUT2D eigenvalue weighted by Gasteiger charge is -2.37. The highest BCUT2D eigenvalue weighted by Gasteiger charge is 2.32. The number of carbonyl (C=O) groups is 1. The molecule has 2 aromatic carbocycles. The van der Waals surface area contributed by atoms with Gasteiger partial charge in [-0.25, -0.2) is 4.79 Å². The Hall–Kier alpha value is -3.44. The minimum atomic E-state index is -0.00525. The van der Waals surface area contributed by atoms with Crippen LogP contribution in [-0.4, -0.2) is 40.3 Å². The van der Waals surface area contributed by atoms with Gasteiger partial charge in [0.2, 0.25) is 0 Å². The molecule has 34 heavy (non-hydrogen) atoms. The summed E-state index contributed by atoms with van der Waals surface area (Å²) in [6.45, 7) is 7.69. The van der Waals surface area contributed by atoms with Crippen molar-refractivity contribution in [2.75, 3.05) is 13.1 Å². The molecule has 1 atom stereocenters. The molecule has 174 valence electrons. The molecule has 1 aliphatic heterocycles. The van der Waals surface area contributed by atoms with E-state index in [0.29, 0.717) is 17.2 Å². The van der Waals surface area contributed by atoms with Crippen molar-refractivity contribution in [2.24, 2.45) is 5.92 Å². The zero-order valence-corrected chi connectivity index (χ0v) is 20.4. The minimum Gasteiger partial charge on any atom is -0.490 e. The normalized spacial score (nSPS) is 17.3. The van der Waals surface area contributed by atoms with Crippen LogP contribution in [0.5, 0.6) is 5.75 Å². The fourth-order valence-corrected chi connectivity index (χ4v) is 5.56. The summed E-state index contributed by atoms with van der Waals surface area (Å²) < 4.78 is 5.73. The molecule has 1 aliphatic carbocycles. The van der Waals surface area contributed by atoms with E-state index in [4.69, 9.17) is 4.74 Å². The fourth-order valence-electron chi connectivity index (χ4n) is 4.67. The summed E-state index contributed by atoms with van der Waals surface area (Å²) in [5.74, 6) is 1.16. The van der Waals surface area contributed by atoms with Crippen LogP contribution >= 0.6 is 11.3 Å². The number of urea groups is 1. The number of ether oxygens (including phenoxy) is 1. The Morgan fingerprint density at radius 1 is 1.24 bits per heavy atom. The van der Waals surface area contributed by atoms with E-state index in [1.165, 1.54) is 16.9 Å². The Bertz CT molecular complexity index is 1270. The lowest BCUT2D eigenvalue weighted by atomic mass is 10.0. The van der Waals surface area contributed by atoms with Crippen molar-refractivity contribution in [3.8, 4) is 33.0 Å². The molecule has 0 spiro atoms. The number of hydrogen-bond acceptors (Lipinski definition) is 6. The number of nitriles is 1. The Kier molecular flexibility index (Phi) is 5.96. The molecule has 5 rings (SSSR count). The van der Waals surface area contributed by atoms with Gasteiger partial charge in [-0.1, -0.05) is 36.5 Å². The summed E-state index contributed by atoms with van der Waals surface area (Å²) >= 11 is 1.51. The summed E-state index contributed by atoms with van der Waals surface area (Å²) in [7, 11) is 0. The van der Waals surface area contributed by atoms with Gasteiger partial charge < -0.3 is 15.0 Å². The summed E-state index contributed by atoms with van der Waals surface area (Å²) in [5.41, 5.74) is 4.79. The van der Waals surface area contributed by atoms with Crippen molar-refractivity contribution in [2.45, 2.75) is 45.8 Å². The molecule has 2 amide bonds. The summed E-state index contributed by atoms with van der Waals surface area (Å²) in [4.78, 5) is 14.4. The maximum atomic E-state index is 12.5. The molecule has 1 aromatic heterocycles. The van der Waals surface area contributed by atoms with Gasteiger partial charge in [0.05, 0.1) is 17.7 Å². The second-order valence-corrected chi connectivity index (χ2v) is 10.3. The van der Waals surface area contributed by atoms with Crippen molar-refractivity contribution in [1.29, 1.82) is 5.26 Å². The Balaban J connectivity index is 1.38. The summed E-state index contributed by atoms with van der Waals surface area (Å²) in [6, 6.07) is 14.0. The van der Waals surface area contributed by atoms with Crippen LogP contribution < -0.4 is 10.1 Å². The summed E-state index contributed by atoms with van der Waals surface area (Å²) in [6.07, 6.45) is 1.77. The largest absolute Gasteiger partial charge is 0.490 e. The molecule has 0 unspecified atom stereocenters. The van der Waals surface area contributed by atoms with Crippen molar-refractivity contribution >= 4 is 17.4 Å². The highest BCUT2D eigenvalue weighted by Crippen LogP contribution is 2.40. The maximum Gasteiger partial charge on any atom is 0.317 e. The zero-order chi connectivity index (χ0) is 23.8. The number of nitrogens with one attached hydrogen (secondary N) is 1. The van der Waals surface area contributed by atoms with Gasteiger partial charge >= 0.3 is 6.03 Å². The molecular weight excluding hydrogens is 446 g/mol. The van der Waals surface area contributed by atoms with Crippen molar-refractivity contribution in [3.05, 3.63) is 53.1 Å². The SMILES string of the molecule is CC1CN(C(=O)N[C@H]2CCc3c(-c4nnc(-c5ccc(OC(C)C)c(C#N)c5)s4)cccc32)C1. The quantitative estimate of drug-likeness (QED) is 0.551. The molecule has 0 saturated carbocycles. The van der Waals surface area contributed by atoms with E-state index >= 15 is 0 Å². The van der Waals surface area contributed by atoms with Crippen LogP contribution in [0.3, 0.4) is 0 Å². The number of benzene rings is 2. The average molecular weight is 474 g/mol. The third kappa shape index (κ3) is 4.24. The van der Waals surface area contributed by atoms with Gasteiger partial charge in [-0.2, -0.15) is 5.26 Å². The second-order valence-electron chi connectivity index (χ2n) is 9.33. The first kappa shape index (κ1) is 22.4. The first-order valence-corrected chi connectivity index (χ1v) is 12.5. The third-order valence-electron chi connectivity index (χ3n) is 6.28. The minimum absolute atomic E-state index is 0.00525. The Labute approximate surface area is 203 Å². The van der Waals surface area contributed by atoms with Gasteiger partial charge in [0, 0.05) is 24.2 Å². The number of carbonyl (C=O) groups excluding carboxylic acids is 1. The molecule has 3 aromatic rings. The average Bonchev–Trinajstić information content (AvgIpc) is 3.44. The van der Waals surface area contributed by atoms with Crippen LogP contribution in [0.25, 0.3) is 21.1 Å². The molecule has 8 heteroatoms. The lowest BCUT2D eigenvalue weighted by Crippen LogP contribution is -2.53. The van der Waals surface area contributed by atoms with E-state index in [2.05, 4.69) is 40.6 Å². The maximum absolute atomic E-state index is 12.5. The molecule has 0 radical (unpaired) electrons. The first-order chi connectivity index (χ1) is 16.4. The van der Waals surface area contributed by atoms with Crippen LogP contribution in [0.4, 0.5) is 4.79 Å². The first-order valence-electron chi connectivity index (χ1n) is 11.6. The smallest absolute Gasteiger partial charge is 0.317 e. The predicted octanol–water partition coefficient (Wildman–Crippen LogP) is 5.18. The number of amides is 2. The molecule has 2 heterocycles. The fraction of sp³-hybridized carbons (Fsp3) is 0.385.